The molecular weight excluding hydrogens is 299 g/mol. The van der Waals surface area contributed by atoms with Crippen LogP contribution in [0.1, 0.15) is 0 Å². The predicted molar refractivity (Wildman–Crippen MR) is 87.6 cm³/mol. The first kappa shape index (κ1) is 15.0. The molecule has 3 rings (SSSR count). The molecule has 0 N–H and O–H groups in total. The Morgan fingerprint density at radius 3 is 2.17 bits per heavy atom. The molecule has 23 heavy (non-hydrogen) atoms. The van der Waals surface area contributed by atoms with Crippen LogP contribution in [0.15, 0.2) is 51.9 Å². The maximum Gasteiger partial charge on any atom is 0.204 e. The smallest absolute Gasteiger partial charge is 0.204 e. The summed E-state index contributed by atoms with van der Waals surface area (Å²) in [5, 5.41) is 0.390. The lowest BCUT2D eigenvalue weighted by Gasteiger charge is -2.09. The van der Waals surface area contributed by atoms with Crippen LogP contribution >= 0.6 is 0 Å². The zero-order valence-electron chi connectivity index (χ0n) is 13.1. The van der Waals surface area contributed by atoms with E-state index in [2.05, 4.69) is 0 Å². The molecule has 0 atom stereocenters. The van der Waals surface area contributed by atoms with E-state index in [0.29, 0.717) is 28.0 Å². The average molecular weight is 315 g/mol. The molecule has 0 amide bonds. The van der Waals surface area contributed by atoms with Crippen LogP contribution in [0.4, 0.5) is 0 Å². The minimum absolute atomic E-state index is 0.157. The van der Waals surface area contributed by atoms with E-state index in [0.717, 1.165) is 11.3 Å². The summed E-state index contributed by atoms with van der Waals surface area (Å²) in [5.41, 5.74) is 1.47. The van der Waals surface area contributed by atoms with Crippen molar-refractivity contribution in [2.75, 3.05) is 21.3 Å². The quantitative estimate of drug-likeness (QED) is 0.737. The van der Waals surface area contributed by atoms with Crippen molar-refractivity contribution in [2.24, 2.45) is 0 Å². The predicted octanol–water partition coefficient (Wildman–Crippen LogP) is 3.49. The van der Waals surface area contributed by atoms with Crippen LogP contribution in [0.3, 0.4) is 0 Å². The third kappa shape index (κ3) is 2.61. The van der Waals surface area contributed by atoms with E-state index in [9.17, 15) is 4.79 Å². The van der Waals surface area contributed by atoms with Crippen LogP contribution in [0.25, 0.3) is 22.1 Å². The molecule has 0 aliphatic carbocycles. The molecule has 0 fully saturated rings. The zero-order chi connectivity index (χ0) is 16.4. The van der Waals surface area contributed by atoms with Crippen LogP contribution in [0.5, 0.6) is 17.2 Å². The number of hydrogen-bond acceptors (Lipinski definition) is 5. The van der Waals surface area contributed by atoms with Crippen molar-refractivity contribution < 1.29 is 18.6 Å². The minimum atomic E-state index is -0.157. The Balaban J connectivity index is 2.23. The number of methoxy groups -OCH3 is 3. The van der Waals surface area contributed by atoms with Gasteiger partial charge in [-0.15, -0.1) is 0 Å². The highest BCUT2D eigenvalue weighted by Gasteiger charge is 2.15. The van der Waals surface area contributed by atoms with Crippen LogP contribution in [0, 0.1) is 0 Å². The maximum absolute atomic E-state index is 12.9. The van der Waals surface area contributed by atoms with Crippen LogP contribution in [-0.2, 0) is 0 Å². The summed E-state index contributed by atoms with van der Waals surface area (Å²) in [4.78, 5) is 12.9. The summed E-state index contributed by atoms with van der Waals surface area (Å²) in [6.07, 6.45) is 1.45. The number of hydrogen-bond donors (Lipinski definition) is 0. The van der Waals surface area contributed by atoms with Gasteiger partial charge in [-0.1, -0.05) is 12.1 Å². The van der Waals surface area contributed by atoms with Gasteiger partial charge in [0.05, 0.1) is 26.9 Å². The van der Waals surface area contributed by atoms with Gasteiger partial charge in [-0.25, -0.2) is 0 Å². The van der Waals surface area contributed by atoms with Crippen molar-refractivity contribution in [1.82, 2.24) is 0 Å². The molecular formula is C18H16O5. The second-order valence-corrected chi connectivity index (χ2v) is 4.91. The third-order valence-electron chi connectivity index (χ3n) is 3.67. The molecule has 0 saturated heterocycles. The summed E-state index contributed by atoms with van der Waals surface area (Å²) in [7, 11) is 4.65. The molecule has 3 aromatic rings. The van der Waals surface area contributed by atoms with E-state index in [4.69, 9.17) is 18.6 Å². The molecule has 0 unspecified atom stereocenters. The number of fused-ring (bicyclic) bond motifs is 1. The Labute approximate surface area is 133 Å². The lowest BCUT2D eigenvalue weighted by atomic mass is 10.2. The normalized spacial score (nSPS) is 10.6. The monoisotopic (exact) mass is 315 g/mol. The Hall–Kier alpha value is -2.95. The van der Waals surface area contributed by atoms with Gasteiger partial charge in [0.1, 0.15) is 34.5 Å². The standard InChI is InChI=1S/C18H16O5/c1-20-12-6-4-11(5-7-12)14-10-23-16-9-13(21-2)8-15(22-3)17(16)18(14)19/h4-10H,1-3H3/i10+1,14+1,18+1. The van der Waals surface area contributed by atoms with Gasteiger partial charge in [-0.05, 0) is 17.7 Å². The van der Waals surface area contributed by atoms with E-state index < -0.39 is 0 Å². The number of ether oxygens (including phenoxy) is 3. The molecule has 0 saturated carbocycles. The summed E-state index contributed by atoms with van der Waals surface area (Å²) < 4.78 is 21.3. The van der Waals surface area contributed by atoms with Crippen molar-refractivity contribution in [3.8, 4) is 28.4 Å². The van der Waals surface area contributed by atoms with Gasteiger partial charge < -0.3 is 18.6 Å². The second kappa shape index (κ2) is 6.04. The van der Waals surface area contributed by atoms with E-state index in [1.807, 2.05) is 12.1 Å². The van der Waals surface area contributed by atoms with Gasteiger partial charge in [-0.3, -0.25) is 4.79 Å². The molecule has 0 radical (unpaired) electrons. The number of rotatable bonds is 4. The molecule has 2 aromatic carbocycles. The second-order valence-electron chi connectivity index (χ2n) is 4.91. The summed E-state index contributed by atoms with van der Waals surface area (Å²) >= 11 is 0. The highest BCUT2D eigenvalue weighted by atomic mass is 16.5. The molecule has 0 aliphatic heterocycles. The Morgan fingerprint density at radius 1 is 0.870 bits per heavy atom. The minimum Gasteiger partial charge on any atom is -0.497 e. The molecule has 1 aromatic heterocycles. The highest BCUT2D eigenvalue weighted by Crippen LogP contribution is 2.31. The van der Waals surface area contributed by atoms with Gasteiger partial charge in [0.15, 0.2) is 0 Å². The fraction of sp³-hybridized carbons (Fsp3) is 0.167. The van der Waals surface area contributed by atoms with Crippen LogP contribution in [0.2, 0.25) is 0 Å². The lowest BCUT2D eigenvalue weighted by molar-refractivity contribution is 0.396. The fourth-order valence-electron chi connectivity index (χ4n) is 2.44. The first-order valence-electron chi connectivity index (χ1n) is 7.00. The van der Waals surface area contributed by atoms with Crippen molar-refractivity contribution in [3.05, 3.63) is 52.9 Å². The largest absolute Gasteiger partial charge is 0.497 e. The molecule has 0 aliphatic rings. The van der Waals surface area contributed by atoms with Crippen LogP contribution in [-0.4, -0.2) is 21.3 Å². The molecule has 5 heteroatoms. The average Bonchev–Trinajstić information content (AvgIpc) is 2.61. The first-order chi connectivity index (χ1) is 11.2. The first-order valence-corrected chi connectivity index (χ1v) is 7.00. The van der Waals surface area contributed by atoms with E-state index in [1.165, 1.54) is 13.4 Å². The molecule has 0 bridgehead atoms. The van der Waals surface area contributed by atoms with Gasteiger partial charge >= 0.3 is 0 Å². The van der Waals surface area contributed by atoms with Gasteiger partial charge in [0, 0.05) is 12.1 Å². The van der Waals surface area contributed by atoms with E-state index in [-0.39, 0.29) is 5.43 Å². The Morgan fingerprint density at radius 2 is 1.57 bits per heavy atom. The number of benzene rings is 2. The summed E-state index contributed by atoms with van der Waals surface area (Å²) in [5.74, 6) is 1.71. The van der Waals surface area contributed by atoms with Crippen molar-refractivity contribution >= 4 is 11.0 Å². The fourth-order valence-corrected chi connectivity index (χ4v) is 2.44. The zero-order valence-corrected chi connectivity index (χ0v) is 13.1. The van der Waals surface area contributed by atoms with Gasteiger partial charge in [0.25, 0.3) is 0 Å². The summed E-state index contributed by atoms with van der Waals surface area (Å²) in [6, 6.07) is 10.5. The summed E-state index contributed by atoms with van der Waals surface area (Å²) in [6.45, 7) is 0. The SMILES string of the molecule is COc1ccc(-[13c]2[13cH]oc3cc(OC)cc(OC)c3[13c]2=O)cc1. The van der Waals surface area contributed by atoms with Gasteiger partial charge in [0.2, 0.25) is 5.43 Å². The van der Waals surface area contributed by atoms with Crippen LogP contribution < -0.4 is 19.6 Å². The van der Waals surface area contributed by atoms with Crippen molar-refractivity contribution in [2.45, 2.75) is 0 Å². The highest BCUT2D eigenvalue weighted by molar-refractivity contribution is 5.88. The Bertz CT molecular complexity index is 894. The lowest BCUT2D eigenvalue weighted by Crippen LogP contribution is -2.06. The topological polar surface area (TPSA) is 57.9 Å². The molecule has 1 heterocycles. The Kier molecular flexibility index (Phi) is 3.93. The van der Waals surface area contributed by atoms with E-state index >= 15 is 0 Å². The van der Waals surface area contributed by atoms with Crippen molar-refractivity contribution in [1.29, 1.82) is 0 Å². The third-order valence-corrected chi connectivity index (χ3v) is 3.67. The molecule has 0 spiro atoms. The maximum atomic E-state index is 12.9. The van der Waals surface area contributed by atoms with Crippen molar-refractivity contribution in [3.63, 3.8) is 0 Å². The van der Waals surface area contributed by atoms with E-state index in [1.54, 1.807) is 38.5 Å². The van der Waals surface area contributed by atoms with Gasteiger partial charge in [-0.2, -0.15) is 0 Å². The molecule has 118 valence electrons. The molecule has 5 nitrogen and oxygen atoms in total.